The van der Waals surface area contributed by atoms with Gasteiger partial charge in [-0.05, 0) is 62.0 Å². The number of nitrogens with zero attached hydrogens (tertiary/aromatic N) is 2. The fourth-order valence-electron chi connectivity index (χ4n) is 6.92. The number of rotatable bonds is 10. The lowest BCUT2D eigenvalue weighted by Gasteiger charge is -2.37. The molecule has 0 bridgehead atoms. The number of aryl methyl sites for hydroxylation is 1. The first-order valence-electron chi connectivity index (χ1n) is 18.5. The summed E-state index contributed by atoms with van der Waals surface area (Å²) in [5, 5.41) is 21.0. The molecular weight excluding hydrogens is 638 g/mol. The summed E-state index contributed by atoms with van der Waals surface area (Å²) in [7, 11) is 1.63. The Morgan fingerprint density at radius 2 is 1.60 bits per heavy atom. The van der Waals surface area contributed by atoms with Crippen molar-refractivity contribution in [2.75, 3.05) is 33.3 Å². The zero-order valence-electron chi connectivity index (χ0n) is 30.7. The highest BCUT2D eigenvalue weighted by Crippen LogP contribution is 2.27. The summed E-state index contributed by atoms with van der Waals surface area (Å²) in [6.07, 6.45) is 7.75. The summed E-state index contributed by atoms with van der Waals surface area (Å²) in [4.78, 5) is 72.1. The van der Waals surface area contributed by atoms with Gasteiger partial charge in [-0.25, -0.2) is 0 Å². The summed E-state index contributed by atoms with van der Waals surface area (Å²) in [5.74, 6) is -2.66. The number of benzene rings is 1. The standard InChI is InChI=1S/C37H61N7O6/c1-6-7-12-26-13-11-14-27(20-26)22-44-18-17-39-33(46)30(23-45)41-34(47)29(21-38)40-36(49)32(28-15-9-8-10-16-28)42-35(48)31(19-24(2)3)43(5)37(50)25(44)4/h11,13-14,20,24-25,28-32,45H,6-10,12,15-19,21-23,38H2,1-5H3,(H,39,46)(H,40,49)(H,41,47)(H,42,48)/t25-,29-,30-,31-,32-/m0/s1. The van der Waals surface area contributed by atoms with Crippen molar-refractivity contribution in [3.05, 3.63) is 35.4 Å². The molecule has 1 aliphatic heterocycles. The first-order chi connectivity index (χ1) is 23.9. The Morgan fingerprint density at radius 3 is 2.24 bits per heavy atom. The zero-order chi connectivity index (χ0) is 36.8. The van der Waals surface area contributed by atoms with Crippen molar-refractivity contribution in [1.29, 1.82) is 0 Å². The zero-order valence-corrected chi connectivity index (χ0v) is 30.7. The molecule has 3 rings (SSSR count). The first kappa shape index (κ1) is 40.9. The van der Waals surface area contributed by atoms with Gasteiger partial charge in [0.2, 0.25) is 29.5 Å². The van der Waals surface area contributed by atoms with Gasteiger partial charge in [-0.2, -0.15) is 0 Å². The van der Waals surface area contributed by atoms with E-state index in [2.05, 4.69) is 40.3 Å². The largest absolute Gasteiger partial charge is 0.394 e. The summed E-state index contributed by atoms with van der Waals surface area (Å²) in [6.45, 7) is 7.80. The summed E-state index contributed by atoms with van der Waals surface area (Å²) in [6, 6.07) is 3.29. The highest BCUT2D eigenvalue weighted by Gasteiger charge is 2.38. The molecule has 2 aliphatic rings. The van der Waals surface area contributed by atoms with Gasteiger partial charge < -0.3 is 37.0 Å². The molecule has 2 fully saturated rings. The van der Waals surface area contributed by atoms with Crippen LogP contribution in [0, 0.1) is 11.8 Å². The molecule has 0 spiro atoms. The second-order valence-corrected chi connectivity index (χ2v) is 14.4. The van der Waals surface area contributed by atoms with Crippen molar-refractivity contribution >= 4 is 29.5 Å². The number of hydrogen-bond donors (Lipinski definition) is 6. The molecule has 5 amide bonds. The number of hydrogen-bond acceptors (Lipinski definition) is 8. The highest BCUT2D eigenvalue weighted by atomic mass is 16.3. The van der Waals surface area contributed by atoms with Crippen LogP contribution in [0.1, 0.15) is 90.2 Å². The van der Waals surface area contributed by atoms with Crippen LogP contribution in [0.15, 0.2) is 24.3 Å². The third-order valence-corrected chi connectivity index (χ3v) is 10.00. The van der Waals surface area contributed by atoms with Gasteiger partial charge in [0.1, 0.15) is 24.2 Å². The van der Waals surface area contributed by atoms with Gasteiger partial charge in [0.05, 0.1) is 12.6 Å². The van der Waals surface area contributed by atoms with E-state index in [1.807, 2.05) is 30.9 Å². The quantitative estimate of drug-likeness (QED) is 0.210. The van der Waals surface area contributed by atoms with Gasteiger partial charge in [0.25, 0.3) is 0 Å². The number of aliphatic hydroxyl groups excluding tert-OH is 1. The van der Waals surface area contributed by atoms with Crippen LogP contribution in [0.3, 0.4) is 0 Å². The van der Waals surface area contributed by atoms with E-state index in [9.17, 15) is 29.1 Å². The first-order valence-corrected chi connectivity index (χ1v) is 18.5. The molecule has 1 aromatic rings. The summed E-state index contributed by atoms with van der Waals surface area (Å²) >= 11 is 0. The molecule has 7 N–H and O–H groups in total. The van der Waals surface area contributed by atoms with Crippen molar-refractivity contribution < 1.29 is 29.1 Å². The van der Waals surface area contributed by atoms with E-state index in [1.165, 1.54) is 10.5 Å². The van der Waals surface area contributed by atoms with Crippen molar-refractivity contribution in [3.8, 4) is 0 Å². The van der Waals surface area contributed by atoms with Crippen LogP contribution in [-0.4, -0.2) is 108 Å². The number of unbranched alkanes of at least 4 members (excludes halogenated alkanes) is 1. The fourth-order valence-corrected chi connectivity index (χ4v) is 6.92. The molecule has 13 nitrogen and oxygen atoms in total. The van der Waals surface area contributed by atoms with Gasteiger partial charge in [-0.15, -0.1) is 0 Å². The van der Waals surface area contributed by atoms with Gasteiger partial charge in [0, 0.05) is 33.2 Å². The molecule has 0 unspecified atom stereocenters. The predicted octanol–water partition coefficient (Wildman–Crippen LogP) is 1.21. The van der Waals surface area contributed by atoms with E-state index in [1.54, 1.807) is 14.0 Å². The fraction of sp³-hybridized carbons (Fsp3) is 0.703. The Morgan fingerprint density at radius 1 is 0.920 bits per heavy atom. The Balaban J connectivity index is 2.02. The van der Waals surface area contributed by atoms with Gasteiger partial charge >= 0.3 is 0 Å². The second-order valence-electron chi connectivity index (χ2n) is 14.4. The molecule has 1 saturated carbocycles. The van der Waals surface area contributed by atoms with Crippen LogP contribution in [0.4, 0.5) is 0 Å². The number of carbonyl (C=O) groups excluding carboxylic acids is 5. The maximum atomic E-state index is 14.3. The molecule has 0 radical (unpaired) electrons. The maximum absolute atomic E-state index is 14.3. The van der Waals surface area contributed by atoms with Crippen LogP contribution in [0.2, 0.25) is 0 Å². The van der Waals surface area contributed by atoms with Crippen LogP contribution < -0.4 is 27.0 Å². The summed E-state index contributed by atoms with van der Waals surface area (Å²) < 4.78 is 0. The van der Waals surface area contributed by atoms with Crippen molar-refractivity contribution in [3.63, 3.8) is 0 Å². The third kappa shape index (κ3) is 11.8. The van der Waals surface area contributed by atoms with E-state index in [0.717, 1.165) is 56.9 Å². The number of amides is 5. The molecule has 1 saturated heterocycles. The molecule has 5 atom stereocenters. The number of likely N-dealkylation sites (N-methyl/N-ethyl adjacent to an activating group) is 1. The molecule has 50 heavy (non-hydrogen) atoms. The smallest absolute Gasteiger partial charge is 0.245 e. The van der Waals surface area contributed by atoms with Crippen LogP contribution >= 0.6 is 0 Å². The maximum Gasteiger partial charge on any atom is 0.245 e. The Kier molecular flexibility index (Phi) is 16.6. The normalized spacial score (nSPS) is 26.1. The Labute approximate surface area is 297 Å². The highest BCUT2D eigenvalue weighted by molar-refractivity contribution is 5.96. The van der Waals surface area contributed by atoms with E-state index in [0.29, 0.717) is 13.0 Å². The minimum absolute atomic E-state index is 0.0677. The van der Waals surface area contributed by atoms with Gasteiger partial charge in [0.15, 0.2) is 0 Å². The lowest BCUT2D eigenvalue weighted by Crippen LogP contribution is -2.62. The van der Waals surface area contributed by atoms with Gasteiger partial charge in [-0.3, -0.25) is 28.9 Å². The van der Waals surface area contributed by atoms with Crippen molar-refractivity contribution in [1.82, 2.24) is 31.1 Å². The van der Waals surface area contributed by atoms with E-state index < -0.39 is 60.4 Å². The lowest BCUT2D eigenvalue weighted by atomic mass is 9.83. The Bertz CT molecular complexity index is 1290. The van der Waals surface area contributed by atoms with Crippen molar-refractivity contribution in [2.45, 2.75) is 122 Å². The Hall–Kier alpha value is -3.55. The minimum atomic E-state index is -1.29. The van der Waals surface area contributed by atoms with E-state index in [4.69, 9.17) is 5.73 Å². The molecular formula is C37H61N7O6. The SMILES string of the molecule is CCCCc1cccc(CN2CCNC(=O)[C@H](CO)NC(=O)[C@H](CN)NC(=O)[C@H](C3CCCCC3)NC(=O)[C@H](CC(C)C)N(C)C(=O)[C@@H]2C)c1. The molecule has 1 aromatic carbocycles. The molecule has 1 aliphatic carbocycles. The average molecular weight is 700 g/mol. The number of nitrogens with one attached hydrogen (secondary N) is 4. The third-order valence-electron chi connectivity index (χ3n) is 10.00. The number of carbonyl (C=O) groups is 5. The number of nitrogens with two attached hydrogens (primary N) is 1. The van der Waals surface area contributed by atoms with Crippen LogP contribution in [0.25, 0.3) is 0 Å². The van der Waals surface area contributed by atoms with Gasteiger partial charge in [-0.1, -0.05) is 70.7 Å². The second kappa shape index (κ2) is 20.3. The summed E-state index contributed by atoms with van der Waals surface area (Å²) in [5.41, 5.74) is 8.13. The van der Waals surface area contributed by atoms with Crippen molar-refractivity contribution in [2.24, 2.45) is 17.6 Å². The van der Waals surface area contributed by atoms with Crippen LogP contribution in [0.5, 0.6) is 0 Å². The molecule has 0 aromatic heterocycles. The molecule has 280 valence electrons. The number of aliphatic hydroxyl groups is 1. The van der Waals surface area contributed by atoms with E-state index in [-0.39, 0.29) is 37.4 Å². The van der Waals surface area contributed by atoms with Crippen LogP contribution in [-0.2, 0) is 36.9 Å². The lowest BCUT2D eigenvalue weighted by molar-refractivity contribution is -0.144. The topological polar surface area (TPSA) is 186 Å². The monoisotopic (exact) mass is 699 g/mol. The average Bonchev–Trinajstić information content (AvgIpc) is 3.11. The molecule has 13 heteroatoms. The molecule has 1 heterocycles. The predicted molar refractivity (Wildman–Crippen MR) is 192 cm³/mol. The van der Waals surface area contributed by atoms with E-state index >= 15 is 0 Å². The minimum Gasteiger partial charge on any atom is -0.394 e.